The molecular weight excluding hydrogens is 242 g/mol. The summed E-state index contributed by atoms with van der Waals surface area (Å²) in [7, 11) is 0. The number of nitrogen functional groups attached to an aromatic ring is 1. The molecular formula is C14H19N3S. The van der Waals surface area contributed by atoms with Gasteiger partial charge >= 0.3 is 0 Å². The number of anilines is 1. The van der Waals surface area contributed by atoms with Crippen LogP contribution in [0.5, 0.6) is 0 Å². The van der Waals surface area contributed by atoms with Gasteiger partial charge in [-0.15, -0.1) is 11.3 Å². The van der Waals surface area contributed by atoms with E-state index in [1.807, 2.05) is 6.07 Å². The predicted octanol–water partition coefficient (Wildman–Crippen LogP) is 3.01. The van der Waals surface area contributed by atoms with Crippen LogP contribution >= 0.6 is 11.3 Å². The molecule has 1 unspecified atom stereocenters. The average Bonchev–Trinajstić information content (AvgIpc) is 2.88. The Balaban J connectivity index is 2.16. The summed E-state index contributed by atoms with van der Waals surface area (Å²) in [6, 6.07) is 8.50. The minimum Gasteiger partial charge on any atom is -0.383 e. The van der Waals surface area contributed by atoms with Crippen molar-refractivity contribution in [3.63, 3.8) is 0 Å². The van der Waals surface area contributed by atoms with Crippen LogP contribution in [0.2, 0.25) is 0 Å². The summed E-state index contributed by atoms with van der Waals surface area (Å²) in [5.74, 6) is 0.627. The summed E-state index contributed by atoms with van der Waals surface area (Å²) in [4.78, 5) is 5.55. The highest BCUT2D eigenvalue weighted by Gasteiger charge is 2.15. The first-order valence-electron chi connectivity index (χ1n) is 6.27. The number of nitrogens with zero attached hydrogens (tertiary/aromatic N) is 1. The Bertz CT molecular complexity index is 468. The lowest BCUT2D eigenvalue weighted by Gasteiger charge is -2.19. The van der Waals surface area contributed by atoms with Crippen LogP contribution in [0.3, 0.4) is 0 Å². The Hall–Kier alpha value is -1.39. The van der Waals surface area contributed by atoms with Crippen molar-refractivity contribution in [3.05, 3.63) is 46.3 Å². The van der Waals surface area contributed by atoms with Crippen molar-refractivity contribution in [2.45, 2.75) is 25.8 Å². The zero-order chi connectivity index (χ0) is 12.8. The normalized spacial score (nSPS) is 12.5. The number of nitrogens with two attached hydrogens (primary N) is 1. The maximum Gasteiger partial charge on any atom is 0.128 e. The van der Waals surface area contributed by atoms with E-state index < -0.39 is 0 Å². The number of hydrogen-bond donors (Lipinski definition) is 2. The van der Waals surface area contributed by atoms with Gasteiger partial charge in [-0.1, -0.05) is 19.1 Å². The first kappa shape index (κ1) is 13.1. The van der Waals surface area contributed by atoms with E-state index in [1.165, 1.54) is 4.88 Å². The molecule has 2 heterocycles. The lowest BCUT2D eigenvalue weighted by atomic mass is 10.0. The molecule has 3 nitrogen and oxygen atoms in total. The molecule has 0 bridgehead atoms. The van der Waals surface area contributed by atoms with Crippen LogP contribution in [0.15, 0.2) is 35.8 Å². The number of aromatic nitrogens is 1. The van der Waals surface area contributed by atoms with Crippen molar-refractivity contribution in [2.75, 3.05) is 12.3 Å². The molecule has 0 saturated heterocycles. The topological polar surface area (TPSA) is 50.9 Å². The van der Waals surface area contributed by atoms with Crippen molar-refractivity contribution in [3.8, 4) is 0 Å². The fourth-order valence-electron chi connectivity index (χ4n) is 1.97. The zero-order valence-electron chi connectivity index (χ0n) is 10.6. The number of thiophene rings is 1. The van der Waals surface area contributed by atoms with E-state index in [2.05, 4.69) is 40.8 Å². The molecule has 96 valence electrons. The minimum absolute atomic E-state index is 0.247. The van der Waals surface area contributed by atoms with Crippen molar-refractivity contribution in [1.29, 1.82) is 0 Å². The molecule has 0 aliphatic carbocycles. The van der Waals surface area contributed by atoms with Crippen LogP contribution in [0.4, 0.5) is 5.82 Å². The average molecular weight is 261 g/mol. The molecule has 0 aliphatic rings. The van der Waals surface area contributed by atoms with E-state index in [4.69, 9.17) is 5.73 Å². The quantitative estimate of drug-likeness (QED) is 0.840. The van der Waals surface area contributed by atoms with Crippen LogP contribution in [0.1, 0.15) is 29.8 Å². The molecule has 4 heteroatoms. The summed E-state index contributed by atoms with van der Waals surface area (Å²) in [6.07, 6.45) is 3.82. The minimum atomic E-state index is 0.247. The maximum atomic E-state index is 5.97. The highest BCUT2D eigenvalue weighted by Crippen LogP contribution is 2.24. The molecule has 1 atom stereocenters. The molecule has 2 aromatic heterocycles. The zero-order valence-corrected chi connectivity index (χ0v) is 11.4. The SMILES string of the molecule is CCCNC(Cc1cccs1)c1cccnc1N. The Morgan fingerprint density at radius 1 is 1.39 bits per heavy atom. The van der Waals surface area contributed by atoms with Gasteiger partial charge in [-0.2, -0.15) is 0 Å². The van der Waals surface area contributed by atoms with Gasteiger partial charge in [-0.3, -0.25) is 0 Å². The lowest BCUT2D eigenvalue weighted by Crippen LogP contribution is -2.25. The summed E-state index contributed by atoms with van der Waals surface area (Å²) in [5, 5.41) is 5.66. The third kappa shape index (κ3) is 3.31. The van der Waals surface area contributed by atoms with Crippen LogP contribution in [-0.4, -0.2) is 11.5 Å². The second kappa shape index (κ2) is 6.52. The third-order valence-corrected chi connectivity index (χ3v) is 3.77. The predicted molar refractivity (Wildman–Crippen MR) is 77.7 cm³/mol. The summed E-state index contributed by atoms with van der Waals surface area (Å²) >= 11 is 1.78. The Labute approximate surface area is 112 Å². The third-order valence-electron chi connectivity index (χ3n) is 2.87. The van der Waals surface area contributed by atoms with Gasteiger partial charge in [-0.05, 0) is 30.5 Å². The largest absolute Gasteiger partial charge is 0.383 e. The van der Waals surface area contributed by atoms with Crippen LogP contribution in [0.25, 0.3) is 0 Å². The van der Waals surface area contributed by atoms with Crippen LogP contribution < -0.4 is 11.1 Å². The number of hydrogen-bond acceptors (Lipinski definition) is 4. The standard InChI is InChI=1S/C14H19N3S/c1-2-7-16-13(10-11-5-4-9-18-11)12-6-3-8-17-14(12)15/h3-6,8-9,13,16H,2,7,10H2,1H3,(H2,15,17). The van der Waals surface area contributed by atoms with E-state index in [0.29, 0.717) is 5.82 Å². The first-order valence-corrected chi connectivity index (χ1v) is 7.15. The monoisotopic (exact) mass is 261 g/mol. The number of pyridine rings is 1. The van der Waals surface area contributed by atoms with E-state index in [0.717, 1.165) is 24.9 Å². The van der Waals surface area contributed by atoms with Gasteiger partial charge in [0.05, 0.1) is 0 Å². The lowest BCUT2D eigenvalue weighted by molar-refractivity contribution is 0.532. The van der Waals surface area contributed by atoms with Crippen LogP contribution in [-0.2, 0) is 6.42 Å². The summed E-state index contributed by atoms with van der Waals surface area (Å²) < 4.78 is 0. The fraction of sp³-hybridized carbons (Fsp3) is 0.357. The van der Waals surface area contributed by atoms with Gasteiger partial charge in [0.2, 0.25) is 0 Å². The highest BCUT2D eigenvalue weighted by atomic mass is 32.1. The number of nitrogens with one attached hydrogen (secondary N) is 1. The van der Waals surface area contributed by atoms with Gasteiger partial charge in [0, 0.05) is 29.1 Å². The molecule has 0 aliphatic heterocycles. The summed E-state index contributed by atoms with van der Waals surface area (Å²) in [6.45, 7) is 3.16. The molecule has 0 aromatic carbocycles. The second-order valence-corrected chi connectivity index (χ2v) is 5.30. The van der Waals surface area contributed by atoms with Crippen molar-refractivity contribution >= 4 is 17.2 Å². The van der Waals surface area contributed by atoms with Crippen molar-refractivity contribution < 1.29 is 0 Å². The summed E-state index contributed by atoms with van der Waals surface area (Å²) in [5.41, 5.74) is 7.07. The van der Waals surface area contributed by atoms with E-state index in [-0.39, 0.29) is 6.04 Å². The molecule has 2 rings (SSSR count). The van der Waals surface area contributed by atoms with E-state index in [9.17, 15) is 0 Å². The van der Waals surface area contributed by atoms with Crippen molar-refractivity contribution in [1.82, 2.24) is 10.3 Å². The molecule has 0 saturated carbocycles. The molecule has 3 N–H and O–H groups in total. The number of rotatable bonds is 6. The van der Waals surface area contributed by atoms with Crippen molar-refractivity contribution in [2.24, 2.45) is 0 Å². The van der Waals surface area contributed by atoms with Gasteiger partial charge < -0.3 is 11.1 Å². The van der Waals surface area contributed by atoms with Gasteiger partial charge in [0.15, 0.2) is 0 Å². The highest BCUT2D eigenvalue weighted by molar-refractivity contribution is 7.09. The molecule has 2 aromatic rings. The Kier molecular flexibility index (Phi) is 4.73. The Morgan fingerprint density at radius 2 is 2.28 bits per heavy atom. The first-order chi connectivity index (χ1) is 8.81. The van der Waals surface area contributed by atoms with Gasteiger partial charge in [0.25, 0.3) is 0 Å². The van der Waals surface area contributed by atoms with Crippen LogP contribution in [0, 0.1) is 0 Å². The molecule has 0 spiro atoms. The van der Waals surface area contributed by atoms with Gasteiger partial charge in [-0.25, -0.2) is 4.98 Å². The maximum absolute atomic E-state index is 5.97. The smallest absolute Gasteiger partial charge is 0.128 e. The molecule has 0 fully saturated rings. The van der Waals surface area contributed by atoms with E-state index in [1.54, 1.807) is 17.5 Å². The molecule has 0 radical (unpaired) electrons. The Morgan fingerprint density at radius 3 is 2.94 bits per heavy atom. The molecule has 18 heavy (non-hydrogen) atoms. The van der Waals surface area contributed by atoms with Gasteiger partial charge in [0.1, 0.15) is 5.82 Å². The fourth-order valence-corrected chi connectivity index (χ4v) is 2.72. The molecule has 0 amide bonds. The second-order valence-electron chi connectivity index (χ2n) is 4.27. The van der Waals surface area contributed by atoms with E-state index >= 15 is 0 Å².